The third-order valence-electron chi connectivity index (χ3n) is 5.11. The number of rotatable bonds is 7. The highest BCUT2D eigenvalue weighted by molar-refractivity contribution is 9.10. The fraction of sp³-hybridized carbons (Fsp3) is 0.316. The van der Waals surface area contributed by atoms with Gasteiger partial charge in [-0.2, -0.15) is 0 Å². The van der Waals surface area contributed by atoms with Gasteiger partial charge in [-0.3, -0.25) is 9.51 Å². The molecule has 0 aliphatic carbocycles. The molecule has 4 N–H and O–H groups in total. The van der Waals surface area contributed by atoms with E-state index in [0.29, 0.717) is 21.5 Å². The van der Waals surface area contributed by atoms with E-state index >= 15 is 0 Å². The van der Waals surface area contributed by atoms with Gasteiger partial charge in [0.1, 0.15) is 35.5 Å². The van der Waals surface area contributed by atoms with Crippen molar-refractivity contribution in [3.05, 3.63) is 58.7 Å². The summed E-state index contributed by atoms with van der Waals surface area (Å²) in [7, 11) is -5.16. The molecule has 3 heterocycles. The van der Waals surface area contributed by atoms with Crippen molar-refractivity contribution >= 4 is 35.5 Å². The number of halogens is 4. The van der Waals surface area contributed by atoms with E-state index in [4.69, 9.17) is 9.26 Å². The standard InChI is InChI=1S/C19H17BrF3N4O7PS/c20-9-3-10(5-24-4-9)36-19-18(34-35(30,31)32)16(17(29)14(7-28)33-19)27-6-13(25-26-27)8-1-11(21)15(23)12(22)2-8/h1-6,14,16-19,28-29H,7H2,(H2,30,31,32)/t14-,16+,17+,18-,19-/m1/s1. The Morgan fingerprint density at radius 2 is 1.89 bits per heavy atom. The molecule has 0 amide bonds. The largest absolute Gasteiger partial charge is 0.470 e. The van der Waals surface area contributed by atoms with Crippen LogP contribution in [0.3, 0.4) is 0 Å². The van der Waals surface area contributed by atoms with Gasteiger partial charge in [0.05, 0.1) is 12.8 Å². The summed E-state index contributed by atoms with van der Waals surface area (Å²) >= 11 is 4.21. The first-order chi connectivity index (χ1) is 17.0. The summed E-state index contributed by atoms with van der Waals surface area (Å²) in [5, 5.41) is 28.2. The molecule has 3 aromatic rings. The summed E-state index contributed by atoms with van der Waals surface area (Å²) in [5.74, 6) is -4.60. The Morgan fingerprint density at radius 1 is 1.19 bits per heavy atom. The van der Waals surface area contributed by atoms with E-state index in [-0.39, 0.29) is 11.3 Å². The number of thioether (sulfide) groups is 1. The van der Waals surface area contributed by atoms with Crippen molar-refractivity contribution < 1.29 is 47.0 Å². The van der Waals surface area contributed by atoms with Gasteiger partial charge in [-0.15, -0.1) is 5.10 Å². The Labute approximate surface area is 213 Å². The van der Waals surface area contributed by atoms with Crippen molar-refractivity contribution in [2.24, 2.45) is 0 Å². The highest BCUT2D eigenvalue weighted by Crippen LogP contribution is 2.47. The molecule has 2 aromatic heterocycles. The van der Waals surface area contributed by atoms with Gasteiger partial charge in [-0.05, 0) is 34.1 Å². The molecule has 17 heteroatoms. The van der Waals surface area contributed by atoms with Crippen molar-refractivity contribution in [3.63, 3.8) is 0 Å². The van der Waals surface area contributed by atoms with Crippen molar-refractivity contribution in [2.75, 3.05) is 6.61 Å². The van der Waals surface area contributed by atoms with Crippen LogP contribution in [0, 0.1) is 17.5 Å². The van der Waals surface area contributed by atoms with Crippen LogP contribution in [-0.2, 0) is 13.8 Å². The first-order valence-corrected chi connectivity index (χ1v) is 13.2. The Morgan fingerprint density at radius 3 is 2.50 bits per heavy atom. The summed E-state index contributed by atoms with van der Waals surface area (Å²) in [4.78, 5) is 23.6. The first-order valence-electron chi connectivity index (χ1n) is 9.99. The van der Waals surface area contributed by atoms with Gasteiger partial charge in [0, 0.05) is 27.3 Å². The van der Waals surface area contributed by atoms with Crippen molar-refractivity contribution in [1.82, 2.24) is 20.0 Å². The van der Waals surface area contributed by atoms with Crippen molar-refractivity contribution in [1.29, 1.82) is 0 Å². The number of hydrogen-bond acceptors (Lipinski definition) is 9. The Kier molecular flexibility index (Phi) is 8.19. The molecule has 4 rings (SSSR count). The maximum Gasteiger partial charge on any atom is 0.470 e. The summed E-state index contributed by atoms with van der Waals surface area (Å²) < 4.78 is 64.8. The number of aliphatic hydroxyl groups excluding tert-OH is 2. The Hall–Kier alpha value is -1.88. The Bertz CT molecular complexity index is 1280. The lowest BCUT2D eigenvalue weighted by Gasteiger charge is -2.43. The monoisotopic (exact) mass is 612 g/mol. The van der Waals surface area contributed by atoms with E-state index in [1.807, 2.05) is 0 Å². The first kappa shape index (κ1) is 27.2. The van der Waals surface area contributed by atoms with Gasteiger partial charge in [0.25, 0.3) is 0 Å². The number of phosphoric acid groups is 1. The maximum atomic E-state index is 13.7. The molecule has 0 saturated carbocycles. The topological polar surface area (TPSA) is 160 Å². The van der Waals surface area contributed by atoms with Gasteiger partial charge in [0.2, 0.25) is 0 Å². The molecule has 0 unspecified atom stereocenters. The lowest BCUT2D eigenvalue weighted by molar-refractivity contribution is -0.175. The van der Waals surface area contributed by atoms with Crippen LogP contribution < -0.4 is 0 Å². The molecular weight excluding hydrogens is 596 g/mol. The number of pyridine rings is 1. The van der Waals surface area contributed by atoms with Crippen LogP contribution in [0.5, 0.6) is 0 Å². The average molecular weight is 613 g/mol. The number of benzene rings is 1. The number of aliphatic hydroxyl groups is 2. The molecule has 5 atom stereocenters. The van der Waals surface area contributed by atoms with Crippen molar-refractivity contribution in [2.45, 2.75) is 34.7 Å². The van der Waals surface area contributed by atoms with Gasteiger partial charge >= 0.3 is 7.82 Å². The minimum absolute atomic E-state index is 0.137. The predicted molar refractivity (Wildman–Crippen MR) is 121 cm³/mol. The number of aromatic nitrogens is 4. The molecule has 1 saturated heterocycles. The second-order valence-corrected chi connectivity index (χ2v) is 10.8. The molecule has 1 aliphatic heterocycles. The van der Waals surface area contributed by atoms with Crippen LogP contribution in [0.25, 0.3) is 11.3 Å². The number of hydrogen-bond donors (Lipinski definition) is 4. The van der Waals surface area contributed by atoms with Crippen LogP contribution in [0.15, 0.2) is 46.2 Å². The molecule has 1 aromatic carbocycles. The van der Waals surface area contributed by atoms with Gasteiger partial charge < -0.3 is 24.7 Å². The minimum Gasteiger partial charge on any atom is -0.394 e. The van der Waals surface area contributed by atoms with E-state index in [0.717, 1.165) is 22.6 Å². The molecule has 1 aliphatic rings. The second-order valence-electron chi connectivity index (χ2n) is 7.56. The van der Waals surface area contributed by atoms with E-state index in [2.05, 4.69) is 31.2 Å². The van der Waals surface area contributed by atoms with Crippen LogP contribution in [-0.4, -0.2) is 70.3 Å². The van der Waals surface area contributed by atoms with E-state index in [1.54, 1.807) is 6.07 Å². The van der Waals surface area contributed by atoms with Gasteiger partial charge in [-0.25, -0.2) is 22.4 Å². The number of ether oxygens (including phenoxy) is 1. The highest BCUT2D eigenvalue weighted by Gasteiger charge is 2.50. The molecule has 11 nitrogen and oxygen atoms in total. The SMILES string of the molecule is O=P(O)(O)O[C@@H]1[C@@H](n2cc(-c3cc(F)c(F)c(F)c3)nn2)[C@@H](O)[C@@H](CO)O[C@@H]1Sc1cncc(Br)c1. The summed E-state index contributed by atoms with van der Waals surface area (Å²) in [6, 6.07) is 1.63. The highest BCUT2D eigenvalue weighted by atomic mass is 79.9. The average Bonchev–Trinajstić information content (AvgIpc) is 3.28. The quantitative estimate of drug-likeness (QED) is 0.229. The lowest BCUT2D eigenvalue weighted by Crippen LogP contribution is -2.55. The predicted octanol–water partition coefficient (Wildman–Crippen LogP) is 2.41. The lowest BCUT2D eigenvalue weighted by atomic mass is 9.97. The zero-order valence-corrected chi connectivity index (χ0v) is 21.0. The summed E-state index contributed by atoms with van der Waals surface area (Å²) in [6.07, 6.45) is -0.330. The smallest absolute Gasteiger partial charge is 0.394 e. The zero-order valence-electron chi connectivity index (χ0n) is 17.7. The molecule has 36 heavy (non-hydrogen) atoms. The van der Waals surface area contributed by atoms with Gasteiger partial charge in [-0.1, -0.05) is 17.0 Å². The molecule has 194 valence electrons. The summed E-state index contributed by atoms with van der Waals surface area (Å²) in [6.45, 7) is -0.677. The molecule has 0 radical (unpaired) electrons. The van der Waals surface area contributed by atoms with E-state index in [1.165, 1.54) is 12.4 Å². The van der Waals surface area contributed by atoms with Crippen LogP contribution in [0.2, 0.25) is 0 Å². The molecule has 0 bridgehead atoms. The fourth-order valence-electron chi connectivity index (χ4n) is 3.58. The van der Waals surface area contributed by atoms with Crippen molar-refractivity contribution in [3.8, 4) is 11.3 Å². The van der Waals surface area contributed by atoms with Gasteiger partial charge in [0.15, 0.2) is 17.5 Å². The second kappa shape index (κ2) is 10.8. The zero-order chi connectivity index (χ0) is 26.2. The Balaban J connectivity index is 1.74. The normalized spacial score (nSPS) is 24.7. The van der Waals surface area contributed by atoms with E-state index < -0.39 is 61.7 Å². The molecular formula is C19H17BrF3N4O7PS. The molecule has 1 fully saturated rings. The van der Waals surface area contributed by atoms with Crippen LogP contribution >= 0.6 is 35.5 Å². The number of nitrogens with zero attached hydrogens (tertiary/aromatic N) is 4. The minimum atomic E-state index is -5.16. The number of phosphoric ester groups is 1. The third kappa shape index (κ3) is 5.98. The molecule has 0 spiro atoms. The summed E-state index contributed by atoms with van der Waals surface area (Å²) in [5.41, 5.74) is -1.52. The van der Waals surface area contributed by atoms with Crippen LogP contribution in [0.4, 0.5) is 13.2 Å². The van der Waals surface area contributed by atoms with Crippen LogP contribution in [0.1, 0.15) is 6.04 Å². The fourth-order valence-corrected chi connectivity index (χ4v) is 5.86. The maximum absolute atomic E-state index is 13.7. The van der Waals surface area contributed by atoms with E-state index in [9.17, 15) is 37.7 Å². The third-order valence-corrected chi connectivity index (χ3v) is 7.17.